The van der Waals surface area contributed by atoms with Crippen LogP contribution in [-0.4, -0.2) is 16.6 Å². The maximum absolute atomic E-state index is 11.8. The summed E-state index contributed by atoms with van der Waals surface area (Å²) in [4.78, 5) is 14.3. The summed E-state index contributed by atoms with van der Waals surface area (Å²) in [7, 11) is 0. The molecule has 3 nitrogen and oxygen atoms in total. The lowest BCUT2D eigenvalue weighted by Crippen LogP contribution is -2.28. The zero-order valence-electron chi connectivity index (χ0n) is 20.9. The first kappa shape index (κ1) is 26.9. The highest BCUT2D eigenvalue weighted by atomic mass is 32.2. The number of nitrogens with one attached hydrogen (secondary N) is 1. The van der Waals surface area contributed by atoms with Crippen LogP contribution < -0.4 is 4.72 Å². The number of hydrogen-bond acceptors (Lipinski definition) is 7. The summed E-state index contributed by atoms with van der Waals surface area (Å²) in [6.07, 6.45) is 1.02. The van der Waals surface area contributed by atoms with E-state index in [1.165, 1.54) is 40.4 Å². The molecule has 38 heavy (non-hydrogen) atoms. The van der Waals surface area contributed by atoms with Gasteiger partial charge in [0.1, 0.15) is 6.29 Å². The van der Waals surface area contributed by atoms with E-state index < -0.39 is 0 Å². The second kappa shape index (κ2) is 13.4. The number of benzene rings is 3. The van der Waals surface area contributed by atoms with E-state index in [1.807, 2.05) is 19.1 Å². The molecule has 1 unspecified atom stereocenters. The van der Waals surface area contributed by atoms with Crippen molar-refractivity contribution in [3.63, 3.8) is 0 Å². The van der Waals surface area contributed by atoms with Crippen LogP contribution in [0.5, 0.6) is 0 Å². The third kappa shape index (κ3) is 7.05. The van der Waals surface area contributed by atoms with Crippen molar-refractivity contribution in [3.8, 4) is 20.9 Å². The summed E-state index contributed by atoms with van der Waals surface area (Å²) < 4.78 is 8.13. The van der Waals surface area contributed by atoms with E-state index in [4.69, 9.17) is 0 Å². The van der Waals surface area contributed by atoms with Gasteiger partial charge in [0.2, 0.25) is 0 Å². The minimum Gasteiger partial charge on any atom is -0.302 e. The molecule has 0 spiro atoms. The SMILES string of the molecule is CC(C=O)N(Cc1ccccc1CNSc1ccc(-c2ccccc2)s1)Sc1ccc(-c2ccccc2)s1. The maximum atomic E-state index is 11.8. The van der Waals surface area contributed by atoms with Gasteiger partial charge in [-0.25, -0.2) is 4.31 Å². The van der Waals surface area contributed by atoms with E-state index >= 15 is 0 Å². The van der Waals surface area contributed by atoms with Crippen LogP contribution in [0, 0.1) is 0 Å². The molecule has 0 saturated carbocycles. The Kier molecular flexibility index (Phi) is 9.52. The molecule has 3 aromatic carbocycles. The number of rotatable bonds is 12. The van der Waals surface area contributed by atoms with Gasteiger partial charge in [0.25, 0.3) is 0 Å². The predicted molar refractivity (Wildman–Crippen MR) is 166 cm³/mol. The zero-order chi connectivity index (χ0) is 26.2. The molecular formula is C31H28N2OS4. The van der Waals surface area contributed by atoms with Crippen LogP contribution >= 0.6 is 46.6 Å². The summed E-state index contributed by atoms with van der Waals surface area (Å²) in [5.41, 5.74) is 4.92. The van der Waals surface area contributed by atoms with Crippen molar-refractivity contribution in [2.24, 2.45) is 0 Å². The number of carbonyl (C=O) groups is 1. The molecule has 1 N–H and O–H groups in total. The Bertz CT molecular complexity index is 1450. The summed E-state index contributed by atoms with van der Waals surface area (Å²) in [5.74, 6) is 0. The Labute approximate surface area is 241 Å². The van der Waals surface area contributed by atoms with E-state index in [0.717, 1.165) is 12.8 Å². The average molecular weight is 573 g/mol. The highest BCUT2D eigenvalue weighted by Gasteiger charge is 2.18. The van der Waals surface area contributed by atoms with Crippen molar-refractivity contribution in [3.05, 3.63) is 120 Å². The van der Waals surface area contributed by atoms with Crippen molar-refractivity contribution in [1.29, 1.82) is 0 Å². The van der Waals surface area contributed by atoms with Crippen LogP contribution in [0.3, 0.4) is 0 Å². The molecule has 2 aromatic heterocycles. The Morgan fingerprint density at radius 1 is 0.737 bits per heavy atom. The molecule has 1 atom stereocenters. The second-order valence-corrected chi connectivity index (χ2v) is 13.4. The van der Waals surface area contributed by atoms with E-state index in [9.17, 15) is 4.79 Å². The summed E-state index contributed by atoms with van der Waals surface area (Å²) in [6, 6.07) is 37.8. The summed E-state index contributed by atoms with van der Waals surface area (Å²) in [5, 5.41) is 0. The molecule has 0 radical (unpaired) electrons. The van der Waals surface area contributed by atoms with Crippen LogP contribution in [0.4, 0.5) is 0 Å². The molecule has 0 aliphatic carbocycles. The third-order valence-electron chi connectivity index (χ3n) is 6.02. The fraction of sp³-hybridized carbons (Fsp3) is 0.129. The quantitative estimate of drug-likeness (QED) is 0.119. The lowest BCUT2D eigenvalue weighted by Gasteiger charge is -2.24. The second-order valence-electron chi connectivity index (χ2n) is 8.70. The van der Waals surface area contributed by atoms with Gasteiger partial charge in [0, 0.05) is 22.8 Å². The minimum absolute atomic E-state index is 0.208. The highest BCUT2D eigenvalue weighted by molar-refractivity contribution is 7.99. The molecule has 5 aromatic rings. The molecule has 0 amide bonds. The van der Waals surface area contributed by atoms with Gasteiger partial charge >= 0.3 is 0 Å². The Morgan fingerprint density at radius 3 is 1.92 bits per heavy atom. The van der Waals surface area contributed by atoms with Gasteiger partial charge in [-0.05, 0) is 77.3 Å². The molecule has 0 fully saturated rings. The van der Waals surface area contributed by atoms with Gasteiger partial charge in [-0.2, -0.15) is 0 Å². The zero-order valence-corrected chi connectivity index (χ0v) is 24.2. The van der Waals surface area contributed by atoms with Crippen molar-refractivity contribution in [2.75, 3.05) is 0 Å². The summed E-state index contributed by atoms with van der Waals surface area (Å²) in [6.45, 7) is 3.39. The van der Waals surface area contributed by atoms with Crippen molar-refractivity contribution >= 4 is 52.9 Å². The van der Waals surface area contributed by atoms with Crippen molar-refractivity contribution in [1.82, 2.24) is 9.03 Å². The molecule has 7 heteroatoms. The van der Waals surface area contributed by atoms with Gasteiger partial charge < -0.3 is 4.79 Å². The number of hydrogen-bond donors (Lipinski definition) is 1. The fourth-order valence-electron chi connectivity index (χ4n) is 3.94. The van der Waals surface area contributed by atoms with Crippen LogP contribution in [0.15, 0.2) is 118 Å². The monoisotopic (exact) mass is 572 g/mol. The molecule has 0 saturated heterocycles. The van der Waals surface area contributed by atoms with E-state index in [2.05, 4.69) is 106 Å². The largest absolute Gasteiger partial charge is 0.302 e. The Balaban J connectivity index is 1.23. The third-order valence-corrected chi connectivity index (χ3v) is 10.5. The van der Waals surface area contributed by atoms with Gasteiger partial charge in [0.05, 0.1) is 14.5 Å². The normalized spacial score (nSPS) is 12.1. The first-order valence-corrected chi connectivity index (χ1v) is 15.6. The molecule has 0 aliphatic heterocycles. The van der Waals surface area contributed by atoms with Gasteiger partial charge in [-0.3, -0.25) is 4.72 Å². The lowest BCUT2D eigenvalue weighted by molar-refractivity contribution is -0.110. The first-order valence-electron chi connectivity index (χ1n) is 12.4. The van der Waals surface area contributed by atoms with Crippen LogP contribution in [0.1, 0.15) is 18.1 Å². The van der Waals surface area contributed by atoms with Gasteiger partial charge in [-0.15, -0.1) is 22.7 Å². The molecule has 5 rings (SSSR count). The van der Waals surface area contributed by atoms with E-state index in [1.54, 1.807) is 46.6 Å². The van der Waals surface area contributed by atoms with Crippen molar-refractivity contribution in [2.45, 2.75) is 34.5 Å². The standard InChI is InChI=1S/C31H28N2OS4/c1-23(22-34)33(38-31-19-17-29(36-31)25-12-6-3-7-13-25)21-27-15-9-8-14-26(27)20-32-37-30-18-16-28(35-30)24-10-4-2-5-11-24/h2-19,22-23,32H,20-21H2,1H3. The first-order chi connectivity index (χ1) is 18.7. The van der Waals surface area contributed by atoms with Crippen molar-refractivity contribution < 1.29 is 4.79 Å². The Hall–Kier alpha value is -2.65. The topological polar surface area (TPSA) is 32.3 Å². The highest BCUT2D eigenvalue weighted by Crippen LogP contribution is 2.37. The molecule has 0 aliphatic rings. The predicted octanol–water partition coefficient (Wildman–Crippen LogP) is 9.04. The number of aldehydes is 1. The molecule has 2 heterocycles. The van der Waals surface area contributed by atoms with Gasteiger partial charge in [0.15, 0.2) is 0 Å². The number of thiophene rings is 2. The van der Waals surface area contributed by atoms with E-state index in [0.29, 0.717) is 6.54 Å². The molecular weight excluding hydrogens is 545 g/mol. The number of carbonyl (C=O) groups excluding carboxylic acids is 1. The maximum Gasteiger partial charge on any atom is 0.137 e. The minimum atomic E-state index is -0.208. The molecule has 0 bridgehead atoms. The molecule has 192 valence electrons. The van der Waals surface area contributed by atoms with Crippen LogP contribution in [-0.2, 0) is 17.9 Å². The fourth-order valence-corrected chi connectivity index (χ4v) is 8.03. The Morgan fingerprint density at radius 2 is 1.29 bits per heavy atom. The smallest absolute Gasteiger partial charge is 0.137 e. The summed E-state index contributed by atoms with van der Waals surface area (Å²) >= 11 is 6.88. The average Bonchev–Trinajstić information content (AvgIpc) is 3.64. The van der Waals surface area contributed by atoms with Crippen LogP contribution in [0.2, 0.25) is 0 Å². The van der Waals surface area contributed by atoms with E-state index in [-0.39, 0.29) is 6.04 Å². The number of nitrogens with zero attached hydrogens (tertiary/aromatic N) is 1. The van der Waals surface area contributed by atoms with Gasteiger partial charge in [-0.1, -0.05) is 84.9 Å². The van der Waals surface area contributed by atoms with Crippen LogP contribution in [0.25, 0.3) is 20.9 Å². The lowest BCUT2D eigenvalue weighted by atomic mass is 10.1.